The van der Waals surface area contributed by atoms with Crippen LogP contribution in [0.25, 0.3) is 32.7 Å². The van der Waals surface area contributed by atoms with Gasteiger partial charge in [-0.05, 0) is 291 Å². The number of rotatable bonds is 15. The van der Waals surface area contributed by atoms with Gasteiger partial charge in [0.2, 0.25) is 0 Å². The fraction of sp³-hybridized carbons (Fsp3) is 0.407. The Morgan fingerprint density at radius 1 is 0.355 bits per heavy atom. The molecule has 6 saturated carbocycles. The average molecular weight is 1310 g/mol. The van der Waals surface area contributed by atoms with E-state index >= 15 is 0 Å². The van der Waals surface area contributed by atoms with Crippen molar-refractivity contribution in [2.45, 2.75) is 135 Å². The number of aromatic nitrogens is 3. The Morgan fingerprint density at radius 2 is 0.591 bits per heavy atom. The fourth-order valence-corrected chi connectivity index (χ4v) is 18.5. The Balaban J connectivity index is 0.000000127. The molecule has 6 fully saturated rings. The number of nitrogens with zero attached hydrogens (tertiary/aromatic N) is 3. The third-order valence-electron chi connectivity index (χ3n) is 23.2. The van der Waals surface area contributed by atoms with Crippen LogP contribution < -0.4 is 0 Å². The number of fused-ring (bicyclic) bond motifs is 6. The van der Waals surface area contributed by atoms with E-state index in [-0.39, 0.29) is 35.2 Å². The lowest BCUT2D eigenvalue weighted by Crippen LogP contribution is -2.21. The minimum atomic E-state index is -0.201. The molecule has 7 unspecified atom stereocenters. The second-order valence-corrected chi connectivity index (χ2v) is 29.9. The molecule has 0 N–H and O–H groups in total. The molecule has 12 heteroatoms. The third-order valence-corrected chi connectivity index (χ3v) is 24.0. The van der Waals surface area contributed by atoms with E-state index in [1.54, 1.807) is 36.4 Å². The normalized spacial score (nSPS) is 26.2. The van der Waals surface area contributed by atoms with Crippen molar-refractivity contribution in [3.63, 3.8) is 0 Å². The van der Waals surface area contributed by atoms with Gasteiger partial charge in [-0.15, -0.1) is 0 Å². The van der Waals surface area contributed by atoms with Crippen molar-refractivity contribution in [3.05, 3.63) is 230 Å². The lowest BCUT2D eigenvalue weighted by atomic mass is 9.83. The van der Waals surface area contributed by atoms with E-state index in [1.165, 1.54) is 34.9 Å². The number of Topliss-reactive ketones (excluding diaryl/α,β-unsaturated/α-hetero) is 3. The van der Waals surface area contributed by atoms with Crippen LogP contribution in [0.4, 0.5) is 13.2 Å². The molecule has 0 radical (unpaired) electrons. The van der Waals surface area contributed by atoms with E-state index in [0.717, 1.165) is 126 Å². The van der Waals surface area contributed by atoms with Gasteiger partial charge < -0.3 is 0 Å². The van der Waals surface area contributed by atoms with Gasteiger partial charge in [-0.1, -0.05) is 92.0 Å². The molecule has 3 heterocycles. The monoisotopic (exact) mass is 1310 g/mol. The maximum atomic E-state index is 13.9. The summed E-state index contributed by atoms with van der Waals surface area (Å²) in [6, 6.07) is 43.7. The van der Waals surface area contributed by atoms with Crippen LogP contribution in [0.15, 0.2) is 164 Å². The molecular weight excluding hydrogens is 1230 g/mol. The lowest BCUT2D eigenvalue weighted by Gasteiger charge is -2.21. The Kier molecular flexibility index (Phi) is 19.7. The molecule has 6 aliphatic carbocycles. The molecule has 0 amide bonds. The van der Waals surface area contributed by atoms with Crippen LogP contribution >= 0.6 is 34.8 Å². The van der Waals surface area contributed by atoms with Gasteiger partial charge in [0.1, 0.15) is 34.8 Å². The number of hydrogen-bond acceptors (Lipinski definition) is 6. The van der Waals surface area contributed by atoms with Crippen molar-refractivity contribution in [2.24, 2.45) is 71.0 Å². The minimum Gasteiger partial charge on any atom is -0.299 e. The molecule has 0 spiro atoms. The maximum Gasteiger partial charge on any atom is 0.140 e. The molecule has 9 aromatic rings. The Bertz CT molecular complexity index is 3720. The summed E-state index contributed by atoms with van der Waals surface area (Å²) >= 11 is 17.9. The zero-order chi connectivity index (χ0) is 64.6. The highest BCUT2D eigenvalue weighted by Gasteiger charge is 2.47. The summed E-state index contributed by atoms with van der Waals surface area (Å²) in [5.74, 6) is 7.47. The van der Waals surface area contributed by atoms with Crippen molar-refractivity contribution >= 4 is 84.9 Å². The van der Waals surface area contributed by atoms with Crippen LogP contribution in [-0.2, 0) is 33.6 Å². The first-order valence-electron chi connectivity index (χ1n) is 33.9. The molecule has 6 nitrogen and oxygen atoms in total. The molecular formula is C81H81Cl3F3N3O3. The first-order chi connectivity index (χ1) is 44.9. The minimum absolute atomic E-state index is 0.0931. The van der Waals surface area contributed by atoms with Crippen LogP contribution in [0.3, 0.4) is 0 Å². The van der Waals surface area contributed by atoms with E-state index in [0.29, 0.717) is 123 Å². The highest BCUT2D eigenvalue weighted by Crippen LogP contribution is 2.58. The van der Waals surface area contributed by atoms with Gasteiger partial charge in [-0.2, -0.15) is 0 Å². The summed E-state index contributed by atoms with van der Waals surface area (Å²) in [6.45, 7) is 6.34. The first kappa shape index (κ1) is 64.9. The molecule has 3 aromatic heterocycles. The summed E-state index contributed by atoms with van der Waals surface area (Å²) in [5, 5.41) is 4.97. The maximum absolute atomic E-state index is 13.9. The summed E-state index contributed by atoms with van der Waals surface area (Å²) < 4.78 is 41.6. The van der Waals surface area contributed by atoms with Gasteiger partial charge in [-0.3, -0.25) is 29.3 Å². The standard InChI is InChI=1S/3C27H27ClFNO/c3*1-16(27(31)10-17-2-4-22(28)5-3-17)18-11-19-13-21(14-20(19)12-18)24-8-9-30-26-7-6-23(29)15-25(24)26/h3*2-9,15-16,18-21H,10-14H2,1H3/t16?,18?,19-,20+,21?;2*16-,18?,19-,20+,21?/m.10/s1. The summed E-state index contributed by atoms with van der Waals surface area (Å²) in [6.07, 6.45) is 20.6. The Hall–Kier alpha value is -6.78. The zero-order valence-electron chi connectivity index (χ0n) is 53.2. The van der Waals surface area contributed by atoms with Gasteiger partial charge in [0.15, 0.2) is 0 Å². The topological polar surface area (TPSA) is 89.9 Å². The first-order valence-corrected chi connectivity index (χ1v) is 35.0. The van der Waals surface area contributed by atoms with Crippen LogP contribution in [0.2, 0.25) is 15.1 Å². The van der Waals surface area contributed by atoms with Crippen molar-refractivity contribution in [1.82, 2.24) is 15.0 Å². The second-order valence-electron chi connectivity index (χ2n) is 28.6. The van der Waals surface area contributed by atoms with E-state index in [9.17, 15) is 27.6 Å². The molecule has 0 bridgehead atoms. The van der Waals surface area contributed by atoms with Crippen molar-refractivity contribution in [1.29, 1.82) is 0 Å². The van der Waals surface area contributed by atoms with Crippen molar-refractivity contribution in [2.75, 3.05) is 0 Å². The summed E-state index contributed by atoms with van der Waals surface area (Å²) in [5.41, 5.74) is 9.44. The lowest BCUT2D eigenvalue weighted by molar-refractivity contribution is -0.124. The molecule has 6 aromatic carbocycles. The number of benzene rings is 6. The summed E-state index contributed by atoms with van der Waals surface area (Å²) in [7, 11) is 0. The zero-order valence-corrected chi connectivity index (χ0v) is 55.5. The predicted molar refractivity (Wildman–Crippen MR) is 368 cm³/mol. The fourth-order valence-electron chi connectivity index (χ4n) is 18.1. The van der Waals surface area contributed by atoms with Crippen LogP contribution in [0.5, 0.6) is 0 Å². The van der Waals surface area contributed by atoms with E-state index < -0.39 is 0 Å². The Morgan fingerprint density at radius 3 is 0.828 bits per heavy atom. The summed E-state index contributed by atoms with van der Waals surface area (Å²) in [4.78, 5) is 51.9. The SMILES string of the molecule is CC(C(=O)Cc1ccc(Cl)cc1)C1C[C@H]2CC(c3ccnc4ccc(F)cc34)C[C@H]2C1.C[C@@H](C(=O)Cc1ccc(Cl)cc1)C1C[C@H]2CC(c3ccnc4ccc(F)cc34)C[C@H]2C1.C[C@H](C(=O)Cc1ccc(Cl)cc1)C1C[C@H]2CC(c3ccnc4ccc(F)cc34)C[C@H]2C1. The predicted octanol–water partition coefficient (Wildman–Crippen LogP) is 21.0. The van der Waals surface area contributed by atoms with Gasteiger partial charge >= 0.3 is 0 Å². The third kappa shape index (κ3) is 14.7. The number of carbonyl (C=O) groups excluding carboxylic acids is 3. The second kappa shape index (κ2) is 28.3. The largest absolute Gasteiger partial charge is 0.299 e. The van der Waals surface area contributed by atoms with Crippen molar-refractivity contribution in [3.8, 4) is 0 Å². The number of hydrogen-bond donors (Lipinski definition) is 0. The number of pyridine rings is 3. The van der Waals surface area contributed by atoms with E-state index in [2.05, 4.69) is 53.9 Å². The molecule has 15 atom stereocenters. The van der Waals surface area contributed by atoms with Gasteiger partial charge in [0.25, 0.3) is 0 Å². The van der Waals surface area contributed by atoms with Gasteiger partial charge in [0.05, 0.1) is 16.6 Å². The van der Waals surface area contributed by atoms with E-state index in [4.69, 9.17) is 34.8 Å². The molecule has 15 rings (SSSR count). The molecule has 0 saturated heterocycles. The smallest absolute Gasteiger partial charge is 0.140 e. The molecule has 6 aliphatic rings. The van der Waals surface area contributed by atoms with Crippen molar-refractivity contribution < 1.29 is 27.6 Å². The van der Waals surface area contributed by atoms with Crippen LogP contribution in [0.1, 0.15) is 149 Å². The average Bonchev–Trinajstić information content (AvgIpc) is 1.77. The quantitative estimate of drug-likeness (QED) is 0.102. The number of carbonyl (C=O) groups is 3. The van der Waals surface area contributed by atoms with Gasteiger partial charge in [-0.25, -0.2) is 13.2 Å². The highest BCUT2D eigenvalue weighted by atomic mass is 35.5. The van der Waals surface area contributed by atoms with Gasteiger partial charge in [0, 0.05) is 86.8 Å². The molecule has 0 aliphatic heterocycles. The highest BCUT2D eigenvalue weighted by molar-refractivity contribution is 6.31. The van der Waals surface area contributed by atoms with Crippen LogP contribution in [-0.4, -0.2) is 32.3 Å². The van der Waals surface area contributed by atoms with E-state index in [1.807, 2.05) is 91.4 Å². The molecule has 93 heavy (non-hydrogen) atoms. The number of halogens is 6. The number of ketones is 3. The Labute approximate surface area is 559 Å². The van der Waals surface area contributed by atoms with Crippen LogP contribution in [0, 0.1) is 88.5 Å². The molecule has 480 valence electrons.